The maximum Gasteiger partial charge on any atom is 0.354 e. The molecular formula is C25H33NO4. The van der Waals surface area contributed by atoms with Gasteiger partial charge in [0.15, 0.2) is 0 Å². The van der Waals surface area contributed by atoms with Crippen LogP contribution in [0.2, 0.25) is 0 Å². The number of pyridine rings is 1. The molecule has 4 aliphatic rings. The van der Waals surface area contributed by atoms with Gasteiger partial charge in [0.2, 0.25) is 0 Å². The maximum atomic E-state index is 11.7. The van der Waals surface area contributed by atoms with Gasteiger partial charge in [0.05, 0.1) is 0 Å². The van der Waals surface area contributed by atoms with Gasteiger partial charge in [-0.1, -0.05) is 19.9 Å². The van der Waals surface area contributed by atoms with Crippen LogP contribution in [-0.4, -0.2) is 28.1 Å². The van der Waals surface area contributed by atoms with Gasteiger partial charge in [-0.3, -0.25) is 4.79 Å². The molecule has 4 aliphatic carbocycles. The molecule has 0 saturated heterocycles. The Labute approximate surface area is 178 Å². The van der Waals surface area contributed by atoms with Crippen molar-refractivity contribution in [1.82, 2.24) is 4.98 Å². The van der Waals surface area contributed by atoms with E-state index in [4.69, 9.17) is 4.74 Å². The lowest BCUT2D eigenvalue weighted by Crippen LogP contribution is -2.55. The van der Waals surface area contributed by atoms with Gasteiger partial charge in [0.1, 0.15) is 11.8 Å². The number of fused-ring (bicyclic) bond motifs is 6. The van der Waals surface area contributed by atoms with Gasteiger partial charge >= 0.3 is 11.9 Å². The van der Waals surface area contributed by atoms with Crippen LogP contribution < -0.4 is 0 Å². The summed E-state index contributed by atoms with van der Waals surface area (Å²) in [7, 11) is 0. The van der Waals surface area contributed by atoms with E-state index in [1.807, 2.05) is 6.07 Å². The van der Waals surface area contributed by atoms with Crippen LogP contribution >= 0.6 is 0 Å². The highest BCUT2D eigenvalue weighted by molar-refractivity contribution is 5.85. The zero-order chi connectivity index (χ0) is 21.3. The Morgan fingerprint density at radius 1 is 1.07 bits per heavy atom. The SMILES string of the molecule is CC(=O)O[C@H]1CCC2C3CC[C@H]4Cc5nc(C(=O)O)ccc5C[C@]4(C)C3CC[C@@]21C. The molecule has 3 fully saturated rings. The molecule has 0 aliphatic heterocycles. The third kappa shape index (κ3) is 2.84. The van der Waals surface area contributed by atoms with E-state index in [0.717, 1.165) is 31.4 Å². The van der Waals surface area contributed by atoms with Gasteiger partial charge < -0.3 is 9.84 Å². The number of ether oxygens (including phenoxy) is 1. The zero-order valence-electron chi connectivity index (χ0n) is 18.3. The lowest BCUT2D eigenvalue weighted by molar-refractivity contribution is -0.160. The van der Waals surface area contributed by atoms with E-state index in [-0.39, 0.29) is 28.6 Å². The van der Waals surface area contributed by atoms with E-state index in [1.54, 1.807) is 6.07 Å². The normalized spacial score (nSPS) is 41.8. The number of carboxylic acid groups (broad SMARTS) is 1. The van der Waals surface area contributed by atoms with Crippen LogP contribution in [0.5, 0.6) is 0 Å². The van der Waals surface area contributed by atoms with Gasteiger partial charge in [0, 0.05) is 18.0 Å². The smallest absolute Gasteiger partial charge is 0.354 e. The molecular weight excluding hydrogens is 378 g/mol. The Morgan fingerprint density at radius 2 is 1.83 bits per heavy atom. The first-order valence-corrected chi connectivity index (χ1v) is 11.6. The first-order chi connectivity index (χ1) is 14.2. The lowest BCUT2D eigenvalue weighted by Gasteiger charge is -2.60. The molecule has 0 spiro atoms. The molecule has 0 amide bonds. The fourth-order valence-electron chi connectivity index (χ4n) is 8.12. The second-order valence-electron chi connectivity index (χ2n) is 10.9. The van der Waals surface area contributed by atoms with Crippen LogP contribution in [0, 0.1) is 34.5 Å². The van der Waals surface area contributed by atoms with Crippen molar-refractivity contribution in [2.75, 3.05) is 0 Å². The number of nitrogens with zero attached hydrogens (tertiary/aromatic N) is 1. The van der Waals surface area contributed by atoms with Crippen LogP contribution in [0.4, 0.5) is 0 Å². The molecule has 5 rings (SSSR count). The van der Waals surface area contributed by atoms with Crippen molar-refractivity contribution < 1.29 is 19.4 Å². The molecule has 7 atom stereocenters. The molecule has 1 heterocycles. The second kappa shape index (κ2) is 6.80. The van der Waals surface area contributed by atoms with Crippen LogP contribution in [0.15, 0.2) is 12.1 Å². The van der Waals surface area contributed by atoms with Crippen molar-refractivity contribution in [1.29, 1.82) is 0 Å². The minimum absolute atomic E-state index is 0.0807. The molecule has 3 saturated carbocycles. The van der Waals surface area contributed by atoms with Gasteiger partial charge in [-0.2, -0.15) is 0 Å². The number of carbonyl (C=O) groups is 2. The standard InChI is InChI=1S/C25H33NO4/c1-14(27)30-22-9-7-18-17-6-5-16-12-21-15(4-8-20(26-21)23(28)29)13-25(16,3)19(17)10-11-24(18,22)2/h4,8,16-19,22H,5-7,9-13H2,1-3H3,(H,28,29)/t16-,17?,18?,19?,22-,24-,25-/m0/s1. The number of carbonyl (C=O) groups excluding carboxylic acids is 1. The van der Waals surface area contributed by atoms with Crippen LogP contribution in [-0.2, 0) is 22.4 Å². The van der Waals surface area contributed by atoms with Crippen molar-refractivity contribution in [2.45, 2.75) is 78.2 Å². The van der Waals surface area contributed by atoms with Crippen molar-refractivity contribution in [2.24, 2.45) is 34.5 Å². The summed E-state index contributed by atoms with van der Waals surface area (Å²) >= 11 is 0. The monoisotopic (exact) mass is 411 g/mol. The first kappa shape index (κ1) is 20.0. The quantitative estimate of drug-likeness (QED) is 0.716. The first-order valence-electron chi connectivity index (χ1n) is 11.6. The van der Waals surface area contributed by atoms with E-state index in [9.17, 15) is 14.7 Å². The molecule has 5 heteroatoms. The summed E-state index contributed by atoms with van der Waals surface area (Å²) < 4.78 is 5.78. The summed E-state index contributed by atoms with van der Waals surface area (Å²) in [5, 5.41) is 9.32. The second-order valence-corrected chi connectivity index (χ2v) is 10.9. The van der Waals surface area contributed by atoms with Crippen LogP contribution in [0.25, 0.3) is 0 Å². The van der Waals surface area contributed by atoms with E-state index in [1.165, 1.54) is 38.2 Å². The summed E-state index contributed by atoms with van der Waals surface area (Å²) in [6, 6.07) is 3.68. The van der Waals surface area contributed by atoms with E-state index >= 15 is 0 Å². The number of rotatable bonds is 2. The predicted octanol–water partition coefficient (Wildman–Crippen LogP) is 4.67. The minimum atomic E-state index is -0.940. The fraction of sp³-hybridized carbons (Fsp3) is 0.720. The third-order valence-electron chi connectivity index (χ3n) is 9.59. The molecule has 0 aromatic carbocycles. The average molecular weight is 412 g/mol. The zero-order valence-corrected chi connectivity index (χ0v) is 18.3. The van der Waals surface area contributed by atoms with Crippen molar-refractivity contribution >= 4 is 11.9 Å². The predicted molar refractivity (Wildman–Crippen MR) is 112 cm³/mol. The van der Waals surface area contributed by atoms with Crippen molar-refractivity contribution in [3.8, 4) is 0 Å². The Hall–Kier alpha value is -1.91. The largest absolute Gasteiger partial charge is 0.477 e. The Morgan fingerprint density at radius 3 is 2.57 bits per heavy atom. The number of aromatic nitrogens is 1. The summed E-state index contributed by atoms with van der Waals surface area (Å²) in [4.78, 5) is 27.5. The number of hydrogen-bond donors (Lipinski definition) is 1. The van der Waals surface area contributed by atoms with Crippen LogP contribution in [0.1, 0.15) is 81.0 Å². The fourth-order valence-corrected chi connectivity index (χ4v) is 8.12. The third-order valence-corrected chi connectivity index (χ3v) is 9.59. The van der Waals surface area contributed by atoms with E-state index in [2.05, 4.69) is 18.8 Å². The minimum Gasteiger partial charge on any atom is -0.477 e. The van der Waals surface area contributed by atoms with Gasteiger partial charge in [-0.15, -0.1) is 0 Å². The Bertz CT molecular complexity index is 897. The van der Waals surface area contributed by atoms with E-state index in [0.29, 0.717) is 23.7 Å². The molecule has 30 heavy (non-hydrogen) atoms. The maximum absolute atomic E-state index is 11.7. The molecule has 1 aromatic heterocycles. The number of aromatic carboxylic acids is 1. The van der Waals surface area contributed by atoms with Gasteiger partial charge in [-0.05, 0) is 92.1 Å². The van der Waals surface area contributed by atoms with Gasteiger partial charge in [-0.25, -0.2) is 9.78 Å². The highest BCUT2D eigenvalue weighted by atomic mass is 16.5. The highest BCUT2D eigenvalue weighted by Gasteiger charge is 2.61. The summed E-state index contributed by atoms with van der Waals surface area (Å²) in [6.07, 6.45) is 8.97. The molecule has 1 N–H and O–H groups in total. The summed E-state index contributed by atoms with van der Waals surface area (Å²) in [5.74, 6) is 1.54. The van der Waals surface area contributed by atoms with Gasteiger partial charge in [0.25, 0.3) is 0 Å². The van der Waals surface area contributed by atoms with Crippen molar-refractivity contribution in [3.05, 3.63) is 29.1 Å². The Balaban J connectivity index is 1.43. The topological polar surface area (TPSA) is 76.5 Å². The average Bonchev–Trinajstić information content (AvgIpc) is 3.01. The lowest BCUT2D eigenvalue weighted by atomic mass is 9.45. The molecule has 1 aromatic rings. The van der Waals surface area contributed by atoms with Crippen molar-refractivity contribution in [3.63, 3.8) is 0 Å². The molecule has 3 unspecified atom stereocenters. The highest BCUT2D eigenvalue weighted by Crippen LogP contribution is 2.65. The number of hydrogen-bond acceptors (Lipinski definition) is 4. The number of carboxylic acids is 1. The summed E-state index contributed by atoms with van der Waals surface area (Å²) in [5.41, 5.74) is 2.80. The summed E-state index contributed by atoms with van der Waals surface area (Å²) in [6.45, 7) is 6.40. The molecule has 5 nitrogen and oxygen atoms in total. The Kier molecular flexibility index (Phi) is 4.53. The van der Waals surface area contributed by atoms with Crippen LogP contribution in [0.3, 0.4) is 0 Å². The molecule has 162 valence electrons. The molecule has 0 bridgehead atoms. The number of esters is 1. The molecule has 0 radical (unpaired) electrons. The van der Waals surface area contributed by atoms with E-state index < -0.39 is 5.97 Å².